The maximum absolute atomic E-state index is 14.3. The van der Waals surface area contributed by atoms with Crippen molar-refractivity contribution in [3.05, 3.63) is 106 Å². The fourth-order valence-electron chi connectivity index (χ4n) is 12.1. The molecule has 574 valence electrons. The number of carbonyl (C=O) groups excluding carboxylic acids is 9. The lowest BCUT2D eigenvalue weighted by atomic mass is 9.89. The number of hydrazine groups is 3. The first-order valence-electron chi connectivity index (χ1n) is 36.8. The van der Waals surface area contributed by atoms with Gasteiger partial charge in [0.2, 0.25) is 35.4 Å². The van der Waals surface area contributed by atoms with Gasteiger partial charge in [-0.2, -0.15) is 0 Å². The van der Waals surface area contributed by atoms with E-state index in [2.05, 4.69) is 65.5 Å². The Kier molecular flexibility index (Phi) is 37.4. The molecule has 0 aromatic heterocycles. The van der Waals surface area contributed by atoms with Gasteiger partial charge in [0.1, 0.15) is 25.4 Å². The van der Waals surface area contributed by atoms with Crippen LogP contribution in [0.3, 0.4) is 0 Å². The number of nitrogens with zero attached hydrogens (tertiary/aromatic N) is 2. The van der Waals surface area contributed by atoms with Gasteiger partial charge < -0.3 is 87.1 Å². The smallest absolute Gasteiger partial charge is 0.312 e. The van der Waals surface area contributed by atoms with E-state index < -0.39 is 53.5 Å². The number of hydrogen-bond acceptors (Lipinski definition) is 21. The number of allylic oxidation sites excluding steroid dienone is 1. The highest BCUT2D eigenvalue weighted by molar-refractivity contribution is 6.02. The molecule has 4 atom stereocenters. The summed E-state index contributed by atoms with van der Waals surface area (Å²) in [7, 11) is 0. The van der Waals surface area contributed by atoms with E-state index >= 15 is 0 Å². The Hall–Kier alpha value is -8.71. The van der Waals surface area contributed by atoms with Crippen molar-refractivity contribution in [2.24, 2.45) is 29.3 Å². The summed E-state index contributed by atoms with van der Waals surface area (Å²) in [5, 5.41) is 22.5. The number of primary amides is 1. The molecule has 29 heteroatoms. The molecule has 3 aromatic rings. The van der Waals surface area contributed by atoms with Crippen LogP contribution in [-0.2, 0) is 79.9 Å². The Labute approximate surface area is 612 Å². The lowest BCUT2D eigenvalue weighted by molar-refractivity contribution is -0.148. The van der Waals surface area contributed by atoms with Crippen molar-refractivity contribution >= 4 is 76.0 Å². The second-order valence-corrected chi connectivity index (χ2v) is 27.0. The van der Waals surface area contributed by atoms with E-state index in [0.29, 0.717) is 48.4 Å². The van der Waals surface area contributed by atoms with Gasteiger partial charge in [0.25, 0.3) is 0 Å². The van der Waals surface area contributed by atoms with E-state index in [4.69, 9.17) is 40.0 Å². The number of unbranched alkanes of at least 4 members (excludes halogenated alkanes) is 1. The van der Waals surface area contributed by atoms with Crippen LogP contribution in [0.5, 0.6) is 0 Å². The van der Waals surface area contributed by atoms with Crippen LogP contribution in [0.25, 0.3) is 11.4 Å². The number of esters is 1. The van der Waals surface area contributed by atoms with Crippen molar-refractivity contribution in [1.29, 1.82) is 0 Å². The second-order valence-electron chi connectivity index (χ2n) is 27.0. The van der Waals surface area contributed by atoms with Crippen LogP contribution in [0.2, 0.25) is 0 Å². The third kappa shape index (κ3) is 29.1. The van der Waals surface area contributed by atoms with E-state index in [0.717, 1.165) is 73.2 Å². The molecule has 8 amide bonds. The van der Waals surface area contributed by atoms with Crippen LogP contribution < -0.4 is 70.1 Å². The monoisotopic (exact) mass is 1450 g/mol. The van der Waals surface area contributed by atoms with Crippen molar-refractivity contribution in [2.75, 3.05) is 95.9 Å². The molecule has 0 fully saturated rings. The van der Waals surface area contributed by atoms with Crippen LogP contribution in [-0.4, -0.2) is 168 Å². The summed E-state index contributed by atoms with van der Waals surface area (Å²) in [5.41, 5.74) is 22.8. The molecular weight excluding hydrogens is 1340 g/mol. The zero-order valence-corrected chi connectivity index (χ0v) is 61.9. The largest absolute Gasteiger partial charge is 0.461 e. The maximum Gasteiger partial charge on any atom is 0.312 e. The van der Waals surface area contributed by atoms with Gasteiger partial charge >= 0.3 is 12.0 Å². The topological polar surface area (TPSA) is 388 Å². The Balaban J connectivity index is 0.918. The molecule has 1 unspecified atom stereocenters. The third-order valence-corrected chi connectivity index (χ3v) is 17.6. The fraction of sp³-hybridized carbons (Fsp3) is 0.587. The molecule has 0 spiro atoms. The van der Waals surface area contributed by atoms with Crippen molar-refractivity contribution < 1.29 is 71.6 Å². The second kappa shape index (κ2) is 46.2. The molecular formula is C75H114N14O15. The first-order valence-corrected chi connectivity index (χ1v) is 36.8. The Morgan fingerprint density at radius 3 is 2.01 bits per heavy atom. The molecule has 3 aliphatic rings. The van der Waals surface area contributed by atoms with Gasteiger partial charge in [0.05, 0.1) is 99.8 Å². The molecule has 0 saturated carbocycles. The number of carbonyl (C=O) groups is 9. The van der Waals surface area contributed by atoms with Crippen LogP contribution in [0.1, 0.15) is 167 Å². The molecule has 1 aliphatic carbocycles. The number of hydrogen-bond donors (Lipinski definition) is 12. The molecule has 0 saturated heterocycles. The highest BCUT2D eigenvalue weighted by Gasteiger charge is 2.34. The average molecular weight is 1450 g/mol. The zero-order valence-electron chi connectivity index (χ0n) is 61.9. The zero-order chi connectivity index (χ0) is 75.2. The number of ether oxygens (including phenoxy) is 6. The molecule has 2 heterocycles. The highest BCUT2D eigenvalue weighted by atomic mass is 16.6. The Morgan fingerprint density at radius 2 is 1.33 bits per heavy atom. The molecule has 104 heavy (non-hydrogen) atoms. The summed E-state index contributed by atoms with van der Waals surface area (Å²) in [6.07, 6.45) is 6.68. The van der Waals surface area contributed by atoms with E-state index in [1.807, 2.05) is 62.4 Å². The normalized spacial score (nSPS) is 15.9. The standard InChI is InChI=1S/C75H114N14O15/c1-8-37-89-61-25-10-9-11-26-63(71(61)86-87-89)103-49-66(93)78-34-17-16-23-59(73(96)84-68(50(2)3)62(90)46-54(20-18-35-80-75(76)98)72(95)82-56-29-27-53(28-30-56)48-104-74(97)51(4)5)83-65(92)33-38-99-40-42-101-44-45-102-43-41-100-39-36-79-64(91)31-32-67(94)88-47-55-19-12-13-21-57(55)69(81-52(6)7)70(85-77)58-22-14-15-24-60(58)88/h12-15,19,21-22,24,27-30,50-52,54,59,63,68,81,85-87H,8-11,16-18,20,23,25-26,31-49,77H2,1-7H3,(H,78,93)(H,79,91)(H,82,95)(H,83,92)(H,84,96)(H3,76,80,98)/b70-69-/t54-,59-,63?,68+/m1/s1. The number of urea groups is 1. The average Bonchev–Trinajstić information content (AvgIpc) is 0.906. The third-order valence-electron chi connectivity index (χ3n) is 17.6. The van der Waals surface area contributed by atoms with E-state index in [1.165, 1.54) is 5.70 Å². The Morgan fingerprint density at radius 1 is 0.654 bits per heavy atom. The first-order chi connectivity index (χ1) is 50.2. The number of Topliss-reactive ketones (excluding diaryl/α,β-unsaturated/α-hetero) is 1. The maximum atomic E-state index is 14.3. The number of benzene rings is 3. The summed E-state index contributed by atoms with van der Waals surface area (Å²) in [6, 6.07) is 19.4. The molecule has 0 radical (unpaired) electrons. The highest BCUT2D eigenvalue weighted by Crippen LogP contribution is 2.36. The van der Waals surface area contributed by atoms with Gasteiger partial charge in [0.15, 0.2) is 5.78 Å². The summed E-state index contributed by atoms with van der Waals surface area (Å²) in [5.74, 6) is 1.49. The molecule has 0 bridgehead atoms. The van der Waals surface area contributed by atoms with Crippen LogP contribution in [0, 0.1) is 17.8 Å². The number of fused-ring (bicyclic) bond motifs is 2. The minimum atomic E-state index is -1.08. The van der Waals surface area contributed by atoms with Gasteiger partial charge in [-0.3, -0.25) is 49.2 Å². The van der Waals surface area contributed by atoms with Gasteiger partial charge in [-0.15, -0.1) is 5.53 Å². The van der Waals surface area contributed by atoms with E-state index in [9.17, 15) is 43.2 Å². The number of ketones is 1. The number of nitrogens with two attached hydrogens (primary N) is 2. The number of amides is 8. The number of rotatable bonds is 47. The van der Waals surface area contributed by atoms with Crippen molar-refractivity contribution in [3.63, 3.8) is 0 Å². The molecule has 6 rings (SSSR count). The number of para-hydroxylation sites is 1. The fourth-order valence-corrected chi connectivity index (χ4v) is 12.1. The minimum Gasteiger partial charge on any atom is -0.461 e. The SMILES string of the molecule is CCCN1NNC2=C1CCCCCC2OCC(=O)NCCCC[C@@H](NC(=O)CCOCCOCCOCCOCCNC(=O)CCC(=O)N1Cc2ccccc2/C(NC(C)C)=C(/NN)c2ccccc21)C(=O)N[C@H](C(=O)C[C@@H](CCCNC(N)=O)C(=O)Nc1ccc(COC(=O)C(C)C)cc1)C(C)C. The molecule has 3 aromatic carbocycles. The first kappa shape index (κ1) is 84.2. The van der Waals surface area contributed by atoms with Crippen LogP contribution in [0.15, 0.2) is 84.2 Å². The van der Waals surface area contributed by atoms with Crippen molar-refractivity contribution in [1.82, 2.24) is 53.3 Å². The number of nitrogens with one attached hydrogen (secondary N) is 10. The van der Waals surface area contributed by atoms with Crippen molar-refractivity contribution in [2.45, 2.75) is 182 Å². The van der Waals surface area contributed by atoms with Gasteiger partial charge in [-0.1, -0.05) is 102 Å². The lowest BCUT2D eigenvalue weighted by Crippen LogP contribution is -2.53. The predicted octanol–water partition coefficient (Wildman–Crippen LogP) is 5.74. The number of anilines is 2. The summed E-state index contributed by atoms with van der Waals surface area (Å²) >= 11 is 0. The minimum absolute atomic E-state index is 0.00892. The van der Waals surface area contributed by atoms with Gasteiger partial charge in [-0.05, 0) is 107 Å². The van der Waals surface area contributed by atoms with E-state index in [-0.39, 0.29) is 166 Å². The van der Waals surface area contributed by atoms with Gasteiger partial charge in [-0.25, -0.2) is 4.79 Å². The van der Waals surface area contributed by atoms with Crippen molar-refractivity contribution in [3.8, 4) is 0 Å². The quantitative estimate of drug-likeness (QED) is 0.0139. The molecule has 2 aliphatic heterocycles. The van der Waals surface area contributed by atoms with Crippen LogP contribution >= 0.6 is 0 Å². The summed E-state index contributed by atoms with van der Waals surface area (Å²) in [4.78, 5) is 121. The summed E-state index contributed by atoms with van der Waals surface area (Å²) in [6.45, 7) is 16.8. The lowest BCUT2D eigenvalue weighted by Gasteiger charge is -2.31. The predicted molar refractivity (Wildman–Crippen MR) is 395 cm³/mol. The molecule has 14 N–H and O–H groups in total. The Bertz CT molecular complexity index is 3310. The van der Waals surface area contributed by atoms with Crippen LogP contribution in [0.4, 0.5) is 16.2 Å². The summed E-state index contributed by atoms with van der Waals surface area (Å²) < 4.78 is 34.2. The van der Waals surface area contributed by atoms with E-state index in [1.54, 1.807) is 56.9 Å². The van der Waals surface area contributed by atoms with Gasteiger partial charge in [0, 0.05) is 80.6 Å². The molecule has 29 nitrogen and oxygen atoms in total.